The van der Waals surface area contributed by atoms with Crippen LogP contribution in [0.4, 0.5) is 9.80 Å². The molecule has 0 radical (unpaired) electrons. The minimum Gasteiger partial charge on any atom is -0.496 e. The molecule has 2 heterocycles. The van der Waals surface area contributed by atoms with Gasteiger partial charge in [-0.3, -0.25) is 10.00 Å². The number of aryl methyl sites for hydroxylation is 3. The lowest BCUT2D eigenvalue weighted by molar-refractivity contribution is 0.155. The highest BCUT2D eigenvalue weighted by Crippen LogP contribution is 2.37. The lowest BCUT2D eigenvalue weighted by Gasteiger charge is -2.07. The third-order valence-corrected chi connectivity index (χ3v) is 5.93. The van der Waals surface area contributed by atoms with E-state index in [1.807, 2.05) is 63.5 Å². The first-order valence-corrected chi connectivity index (χ1v) is 10.8. The van der Waals surface area contributed by atoms with E-state index in [9.17, 15) is 4.79 Å². The molecule has 0 aliphatic carbocycles. The molecule has 4 aromatic rings. The van der Waals surface area contributed by atoms with Crippen LogP contribution in [0.1, 0.15) is 23.7 Å². The van der Waals surface area contributed by atoms with E-state index in [0.717, 1.165) is 44.0 Å². The first-order chi connectivity index (χ1) is 15.0. The van der Waals surface area contributed by atoms with Crippen LogP contribution in [0, 0.1) is 6.92 Å². The number of amides is 1. The van der Waals surface area contributed by atoms with Crippen LogP contribution in [0.5, 0.6) is 5.75 Å². The maximum atomic E-state index is 12.4. The number of hydrogen-bond donors (Lipinski definition) is 1. The van der Waals surface area contributed by atoms with Crippen LogP contribution in [0.2, 0.25) is 0 Å². The van der Waals surface area contributed by atoms with Gasteiger partial charge in [0.25, 0.3) is 0 Å². The fraction of sp³-hybridized carbons (Fsp3) is 0.261. The lowest BCUT2D eigenvalue weighted by Crippen LogP contribution is -2.13. The number of carbonyl (C=O) groups excluding carboxylic acids is 1. The summed E-state index contributed by atoms with van der Waals surface area (Å²) < 4.78 is 12.7. The molecular weight excluding hydrogens is 412 g/mol. The summed E-state index contributed by atoms with van der Waals surface area (Å²) in [5, 5.41) is 9.70. The predicted molar refractivity (Wildman–Crippen MR) is 123 cm³/mol. The van der Waals surface area contributed by atoms with Crippen molar-refractivity contribution >= 4 is 33.3 Å². The monoisotopic (exact) mass is 436 g/mol. The van der Waals surface area contributed by atoms with Gasteiger partial charge >= 0.3 is 6.09 Å². The van der Waals surface area contributed by atoms with E-state index >= 15 is 0 Å². The summed E-state index contributed by atoms with van der Waals surface area (Å²) in [4.78, 5) is 17.1. The second-order valence-electron chi connectivity index (χ2n) is 7.25. The van der Waals surface area contributed by atoms with Gasteiger partial charge in [-0.25, -0.2) is 9.78 Å². The molecule has 1 N–H and O–H groups in total. The Labute approximate surface area is 184 Å². The van der Waals surface area contributed by atoms with Gasteiger partial charge in [0, 0.05) is 18.6 Å². The van der Waals surface area contributed by atoms with Crippen molar-refractivity contribution in [3.63, 3.8) is 0 Å². The zero-order chi connectivity index (χ0) is 22.0. The Morgan fingerprint density at radius 3 is 2.84 bits per heavy atom. The zero-order valence-electron chi connectivity index (χ0n) is 17.9. The third-order valence-electron chi connectivity index (χ3n) is 4.89. The number of carbonyl (C=O) groups is 1. The fourth-order valence-corrected chi connectivity index (χ4v) is 4.42. The maximum Gasteiger partial charge on any atom is 0.412 e. The number of nitrogens with one attached hydrogen (secondary N) is 1. The largest absolute Gasteiger partial charge is 0.496 e. The highest BCUT2D eigenvalue weighted by atomic mass is 32.1. The Morgan fingerprint density at radius 2 is 2.06 bits per heavy atom. The van der Waals surface area contributed by atoms with E-state index in [4.69, 9.17) is 14.5 Å². The normalized spacial score (nSPS) is 11.0. The molecule has 2 aromatic heterocycles. The standard InChI is InChI=1S/C23H24N4O3S/c1-5-18-22(31-21(24-18)17-8-6-14(2)10-20(17)29-4)25-23(28)30-13-15-7-9-19-16(11-15)12-27(3)26-19/h6-12H,5,13H2,1-4H3,(H,25,28). The van der Waals surface area contributed by atoms with Gasteiger partial charge in [-0.2, -0.15) is 5.10 Å². The van der Waals surface area contributed by atoms with Gasteiger partial charge in [-0.15, -0.1) is 0 Å². The molecule has 0 unspecified atom stereocenters. The van der Waals surface area contributed by atoms with Crippen molar-refractivity contribution < 1.29 is 14.3 Å². The van der Waals surface area contributed by atoms with Gasteiger partial charge in [0.1, 0.15) is 22.4 Å². The van der Waals surface area contributed by atoms with Crippen molar-refractivity contribution in [1.82, 2.24) is 14.8 Å². The topological polar surface area (TPSA) is 78.3 Å². The number of aromatic nitrogens is 3. The summed E-state index contributed by atoms with van der Waals surface area (Å²) in [7, 11) is 3.52. The van der Waals surface area contributed by atoms with E-state index in [-0.39, 0.29) is 6.61 Å². The fourth-order valence-electron chi connectivity index (χ4n) is 3.35. The molecule has 1 amide bonds. The Kier molecular flexibility index (Phi) is 5.90. The highest BCUT2D eigenvalue weighted by molar-refractivity contribution is 7.19. The van der Waals surface area contributed by atoms with Crippen molar-refractivity contribution in [3.8, 4) is 16.3 Å². The van der Waals surface area contributed by atoms with E-state index in [2.05, 4.69) is 10.4 Å². The molecule has 0 aliphatic heterocycles. The highest BCUT2D eigenvalue weighted by Gasteiger charge is 2.17. The maximum absolute atomic E-state index is 12.4. The predicted octanol–water partition coefficient (Wildman–Crippen LogP) is 5.32. The smallest absolute Gasteiger partial charge is 0.412 e. The van der Waals surface area contributed by atoms with Crippen LogP contribution < -0.4 is 10.1 Å². The SMILES string of the molecule is CCc1nc(-c2ccc(C)cc2OC)sc1NC(=O)OCc1ccc2nn(C)cc2c1. The van der Waals surface area contributed by atoms with Crippen LogP contribution >= 0.6 is 11.3 Å². The number of fused-ring (bicyclic) bond motifs is 1. The molecule has 0 atom stereocenters. The van der Waals surface area contributed by atoms with Gasteiger partial charge in [0.2, 0.25) is 0 Å². The second-order valence-corrected chi connectivity index (χ2v) is 8.25. The average molecular weight is 437 g/mol. The quantitative estimate of drug-likeness (QED) is 0.442. The van der Waals surface area contributed by atoms with Crippen molar-refractivity contribution in [1.29, 1.82) is 0 Å². The number of methoxy groups -OCH3 is 1. The molecular formula is C23H24N4O3S. The molecule has 0 bridgehead atoms. The average Bonchev–Trinajstić information content (AvgIpc) is 3.33. The van der Waals surface area contributed by atoms with Crippen LogP contribution in [-0.4, -0.2) is 28.0 Å². The summed E-state index contributed by atoms with van der Waals surface area (Å²) in [5.41, 5.74) is 4.64. The van der Waals surface area contributed by atoms with Gasteiger partial charge in [-0.05, 0) is 48.7 Å². The number of thiazole rings is 1. The van der Waals surface area contributed by atoms with Gasteiger partial charge in [0.05, 0.1) is 23.9 Å². The first-order valence-electron chi connectivity index (χ1n) is 9.97. The number of benzene rings is 2. The molecule has 31 heavy (non-hydrogen) atoms. The minimum absolute atomic E-state index is 0.176. The molecule has 0 fully saturated rings. The van der Waals surface area contributed by atoms with Crippen molar-refractivity contribution in [2.75, 3.05) is 12.4 Å². The van der Waals surface area contributed by atoms with E-state index in [1.54, 1.807) is 11.8 Å². The first kappa shape index (κ1) is 20.9. The van der Waals surface area contributed by atoms with E-state index < -0.39 is 6.09 Å². The van der Waals surface area contributed by atoms with Crippen molar-refractivity contribution in [2.24, 2.45) is 7.05 Å². The van der Waals surface area contributed by atoms with Gasteiger partial charge < -0.3 is 9.47 Å². The second kappa shape index (κ2) is 8.77. The summed E-state index contributed by atoms with van der Waals surface area (Å²) in [6, 6.07) is 11.8. The Bertz CT molecular complexity index is 1250. The Hall–Kier alpha value is -3.39. The van der Waals surface area contributed by atoms with Crippen LogP contribution in [-0.2, 0) is 24.8 Å². The number of ether oxygens (including phenoxy) is 2. The van der Waals surface area contributed by atoms with Gasteiger partial charge in [0.15, 0.2) is 0 Å². The summed E-state index contributed by atoms with van der Waals surface area (Å²) >= 11 is 1.41. The van der Waals surface area contributed by atoms with Crippen LogP contribution in [0.3, 0.4) is 0 Å². The van der Waals surface area contributed by atoms with E-state index in [0.29, 0.717) is 11.4 Å². The van der Waals surface area contributed by atoms with Gasteiger partial charge in [-0.1, -0.05) is 30.4 Å². The molecule has 2 aromatic carbocycles. The Balaban J connectivity index is 1.47. The molecule has 0 saturated carbocycles. The minimum atomic E-state index is -0.507. The Morgan fingerprint density at radius 1 is 1.23 bits per heavy atom. The van der Waals surface area contributed by atoms with Crippen LogP contribution in [0.25, 0.3) is 21.5 Å². The van der Waals surface area contributed by atoms with E-state index in [1.165, 1.54) is 11.3 Å². The van der Waals surface area contributed by atoms with Crippen molar-refractivity contribution in [2.45, 2.75) is 26.9 Å². The molecule has 0 saturated heterocycles. The summed E-state index contributed by atoms with van der Waals surface area (Å²) in [6.07, 6.45) is 2.12. The molecule has 160 valence electrons. The van der Waals surface area contributed by atoms with Crippen LogP contribution in [0.15, 0.2) is 42.6 Å². The summed E-state index contributed by atoms with van der Waals surface area (Å²) in [5.74, 6) is 0.760. The number of anilines is 1. The summed E-state index contributed by atoms with van der Waals surface area (Å²) in [6.45, 7) is 4.20. The molecule has 0 spiro atoms. The van der Waals surface area contributed by atoms with Crippen molar-refractivity contribution in [3.05, 3.63) is 59.4 Å². The number of rotatable bonds is 6. The third kappa shape index (κ3) is 4.54. The molecule has 7 nitrogen and oxygen atoms in total. The molecule has 0 aliphatic rings. The number of hydrogen-bond acceptors (Lipinski definition) is 6. The zero-order valence-corrected chi connectivity index (χ0v) is 18.7. The number of nitrogens with zero attached hydrogens (tertiary/aromatic N) is 3. The molecule has 8 heteroatoms. The molecule has 4 rings (SSSR count). The lowest BCUT2D eigenvalue weighted by atomic mass is 10.1.